The van der Waals surface area contributed by atoms with E-state index in [1.54, 1.807) is 23.8 Å². The predicted octanol–water partition coefficient (Wildman–Crippen LogP) is 5.54. The van der Waals surface area contributed by atoms with Crippen LogP contribution < -0.4 is 9.64 Å². The molecule has 1 amide bonds. The SMILES string of the molecule is CCN1C(=O)c2ccccc2Sc2cc(-c3noc(-c4cccc(OC)c4)n3)ccc21. The van der Waals surface area contributed by atoms with Gasteiger partial charge in [0.05, 0.1) is 18.4 Å². The highest BCUT2D eigenvalue weighted by Crippen LogP contribution is 2.42. The fourth-order valence-corrected chi connectivity index (χ4v) is 4.71. The quantitative estimate of drug-likeness (QED) is 0.424. The molecule has 1 aliphatic heterocycles. The Bertz CT molecular complexity index is 1280. The Balaban J connectivity index is 1.55. The summed E-state index contributed by atoms with van der Waals surface area (Å²) in [5.41, 5.74) is 3.21. The van der Waals surface area contributed by atoms with Crippen molar-refractivity contribution in [3.8, 4) is 28.6 Å². The number of carbonyl (C=O) groups is 1. The average Bonchev–Trinajstić information content (AvgIpc) is 3.27. The molecule has 0 fully saturated rings. The predicted molar refractivity (Wildman–Crippen MR) is 120 cm³/mol. The van der Waals surface area contributed by atoms with E-state index in [0.717, 1.165) is 32.4 Å². The third kappa shape index (κ3) is 3.47. The van der Waals surface area contributed by atoms with E-state index >= 15 is 0 Å². The zero-order valence-corrected chi connectivity index (χ0v) is 17.8. The Kier molecular flexibility index (Phi) is 4.95. The number of benzene rings is 3. The van der Waals surface area contributed by atoms with Crippen molar-refractivity contribution in [1.29, 1.82) is 0 Å². The zero-order chi connectivity index (χ0) is 21.4. The van der Waals surface area contributed by atoms with E-state index in [1.807, 2.05) is 73.7 Å². The lowest BCUT2D eigenvalue weighted by molar-refractivity contribution is 0.0985. The van der Waals surface area contributed by atoms with Crippen molar-refractivity contribution in [2.75, 3.05) is 18.6 Å². The number of anilines is 1. The molecular formula is C24H19N3O3S. The van der Waals surface area contributed by atoms with E-state index in [2.05, 4.69) is 10.1 Å². The van der Waals surface area contributed by atoms with Gasteiger partial charge in [-0.25, -0.2) is 0 Å². The van der Waals surface area contributed by atoms with Gasteiger partial charge in [0.2, 0.25) is 5.82 Å². The molecule has 3 aromatic carbocycles. The normalized spacial score (nSPS) is 12.8. The summed E-state index contributed by atoms with van der Waals surface area (Å²) >= 11 is 1.58. The smallest absolute Gasteiger partial charge is 0.259 e. The van der Waals surface area contributed by atoms with Crippen LogP contribution in [0.2, 0.25) is 0 Å². The van der Waals surface area contributed by atoms with Crippen molar-refractivity contribution < 1.29 is 14.1 Å². The Hall–Kier alpha value is -3.58. The van der Waals surface area contributed by atoms with Crippen LogP contribution in [0.5, 0.6) is 5.75 Å². The molecule has 0 saturated carbocycles. The molecule has 4 aromatic rings. The van der Waals surface area contributed by atoms with Gasteiger partial charge >= 0.3 is 0 Å². The summed E-state index contributed by atoms with van der Waals surface area (Å²) < 4.78 is 10.8. The van der Waals surface area contributed by atoms with Crippen molar-refractivity contribution >= 4 is 23.4 Å². The molecule has 6 nitrogen and oxygen atoms in total. The first kappa shape index (κ1) is 19.4. The van der Waals surface area contributed by atoms with Gasteiger partial charge in [0.1, 0.15) is 5.75 Å². The standard InChI is InChI=1S/C24H19N3O3S/c1-3-27-19-12-11-15(14-21(19)31-20-10-5-4-9-18(20)24(27)28)22-25-23(30-26-22)16-7-6-8-17(13-16)29-2/h4-14H,3H2,1-2H3. The number of ether oxygens (including phenoxy) is 1. The molecule has 7 heteroatoms. The molecule has 0 saturated heterocycles. The lowest BCUT2D eigenvalue weighted by Crippen LogP contribution is -2.30. The fourth-order valence-electron chi connectivity index (χ4n) is 3.59. The van der Waals surface area contributed by atoms with Gasteiger partial charge in [-0.1, -0.05) is 35.1 Å². The number of hydrogen-bond acceptors (Lipinski definition) is 6. The summed E-state index contributed by atoms with van der Waals surface area (Å²) in [6.07, 6.45) is 0. The number of rotatable bonds is 4. The number of methoxy groups -OCH3 is 1. The molecule has 0 aliphatic carbocycles. The summed E-state index contributed by atoms with van der Waals surface area (Å²) in [6.45, 7) is 2.57. The molecule has 31 heavy (non-hydrogen) atoms. The van der Waals surface area contributed by atoms with Crippen molar-refractivity contribution in [2.24, 2.45) is 0 Å². The molecule has 0 bridgehead atoms. The Morgan fingerprint density at radius 2 is 1.87 bits per heavy atom. The first-order valence-electron chi connectivity index (χ1n) is 9.89. The second-order valence-corrected chi connectivity index (χ2v) is 8.07. The topological polar surface area (TPSA) is 68.5 Å². The van der Waals surface area contributed by atoms with Crippen molar-refractivity contribution in [3.63, 3.8) is 0 Å². The largest absolute Gasteiger partial charge is 0.497 e. The van der Waals surface area contributed by atoms with Gasteiger partial charge in [-0.2, -0.15) is 4.98 Å². The van der Waals surface area contributed by atoms with Crippen LogP contribution in [-0.2, 0) is 0 Å². The lowest BCUT2D eigenvalue weighted by Gasteiger charge is -2.21. The van der Waals surface area contributed by atoms with Gasteiger partial charge in [0.25, 0.3) is 11.8 Å². The van der Waals surface area contributed by atoms with Crippen molar-refractivity contribution in [3.05, 3.63) is 72.3 Å². The minimum Gasteiger partial charge on any atom is -0.497 e. The summed E-state index contributed by atoms with van der Waals surface area (Å²) in [5.74, 6) is 1.65. The average molecular weight is 430 g/mol. The third-order valence-electron chi connectivity index (χ3n) is 5.15. The molecule has 0 radical (unpaired) electrons. The van der Waals surface area contributed by atoms with Crippen LogP contribution in [0, 0.1) is 0 Å². The highest BCUT2D eigenvalue weighted by molar-refractivity contribution is 7.99. The van der Waals surface area contributed by atoms with Gasteiger partial charge in [-0.05, 0) is 55.5 Å². The van der Waals surface area contributed by atoms with Gasteiger partial charge in [-0.3, -0.25) is 4.79 Å². The number of amides is 1. The van der Waals surface area contributed by atoms with E-state index in [4.69, 9.17) is 9.26 Å². The molecule has 0 atom stereocenters. The second kappa shape index (κ2) is 7.92. The maximum absolute atomic E-state index is 13.1. The minimum atomic E-state index is 0.0111. The van der Waals surface area contributed by atoms with Crippen LogP contribution in [0.15, 0.2) is 81.0 Å². The van der Waals surface area contributed by atoms with Crippen LogP contribution in [0.3, 0.4) is 0 Å². The fraction of sp³-hybridized carbons (Fsp3) is 0.125. The molecular weight excluding hydrogens is 410 g/mol. The molecule has 1 aliphatic rings. The van der Waals surface area contributed by atoms with Crippen LogP contribution in [-0.4, -0.2) is 29.7 Å². The van der Waals surface area contributed by atoms with Crippen LogP contribution in [0.1, 0.15) is 17.3 Å². The van der Waals surface area contributed by atoms with Gasteiger partial charge in [-0.15, -0.1) is 0 Å². The van der Waals surface area contributed by atoms with E-state index in [-0.39, 0.29) is 5.91 Å². The van der Waals surface area contributed by atoms with Crippen molar-refractivity contribution in [1.82, 2.24) is 10.1 Å². The summed E-state index contributed by atoms with van der Waals surface area (Å²) in [5, 5.41) is 4.17. The first-order valence-corrected chi connectivity index (χ1v) is 10.7. The van der Waals surface area contributed by atoms with Crippen molar-refractivity contribution in [2.45, 2.75) is 16.7 Å². The Morgan fingerprint density at radius 3 is 2.71 bits per heavy atom. The van der Waals surface area contributed by atoms with Gasteiger partial charge in [0.15, 0.2) is 0 Å². The number of hydrogen-bond donors (Lipinski definition) is 0. The third-order valence-corrected chi connectivity index (χ3v) is 6.27. The molecule has 154 valence electrons. The van der Waals surface area contributed by atoms with Crippen LogP contribution in [0.4, 0.5) is 5.69 Å². The maximum Gasteiger partial charge on any atom is 0.259 e. The second-order valence-electron chi connectivity index (χ2n) is 6.99. The van der Waals surface area contributed by atoms with E-state index < -0.39 is 0 Å². The summed E-state index contributed by atoms with van der Waals surface area (Å²) in [4.78, 5) is 21.4. The van der Waals surface area contributed by atoms with Crippen LogP contribution in [0.25, 0.3) is 22.8 Å². The lowest BCUT2D eigenvalue weighted by atomic mass is 10.1. The first-order chi connectivity index (χ1) is 15.2. The molecule has 0 N–H and O–H groups in total. The number of aromatic nitrogens is 2. The van der Waals surface area contributed by atoms with E-state index in [9.17, 15) is 4.79 Å². The van der Waals surface area contributed by atoms with E-state index in [1.165, 1.54) is 0 Å². The zero-order valence-electron chi connectivity index (χ0n) is 17.0. The monoisotopic (exact) mass is 429 g/mol. The highest BCUT2D eigenvalue weighted by atomic mass is 32.2. The number of fused-ring (bicyclic) bond motifs is 2. The molecule has 0 spiro atoms. The highest BCUT2D eigenvalue weighted by Gasteiger charge is 2.26. The molecule has 0 unspecified atom stereocenters. The number of carbonyl (C=O) groups excluding carboxylic acids is 1. The molecule has 2 heterocycles. The minimum absolute atomic E-state index is 0.0111. The maximum atomic E-state index is 13.1. The summed E-state index contributed by atoms with van der Waals surface area (Å²) in [7, 11) is 1.62. The van der Waals surface area contributed by atoms with Gasteiger partial charge < -0.3 is 14.2 Å². The van der Waals surface area contributed by atoms with Gasteiger partial charge in [0, 0.05) is 27.5 Å². The number of nitrogens with zero attached hydrogens (tertiary/aromatic N) is 3. The Labute approximate surface area is 183 Å². The van der Waals surface area contributed by atoms with E-state index in [0.29, 0.717) is 23.8 Å². The summed E-state index contributed by atoms with van der Waals surface area (Å²) in [6, 6.07) is 21.1. The van der Waals surface area contributed by atoms with Crippen LogP contribution >= 0.6 is 11.8 Å². The molecule has 5 rings (SSSR count). The molecule has 1 aromatic heterocycles. The Morgan fingerprint density at radius 1 is 1.00 bits per heavy atom.